The molecule has 3 aromatic rings. The van der Waals surface area contributed by atoms with Gasteiger partial charge in [0.15, 0.2) is 4.80 Å². The molecule has 0 radical (unpaired) electrons. The van der Waals surface area contributed by atoms with Crippen LogP contribution in [0.2, 0.25) is 0 Å². The van der Waals surface area contributed by atoms with Gasteiger partial charge in [0.1, 0.15) is 10.3 Å². The van der Waals surface area contributed by atoms with Crippen LogP contribution < -0.4 is 24.5 Å². The topological polar surface area (TPSA) is 90.2 Å². The average Bonchev–Trinajstić information content (AvgIpc) is 3.34. The van der Waals surface area contributed by atoms with Gasteiger partial charge >= 0.3 is 5.97 Å². The molecule has 3 heterocycles. The molecule has 0 spiro atoms. The molecule has 0 bridgehead atoms. The smallest absolute Gasteiger partial charge is 0.338 e. The van der Waals surface area contributed by atoms with Crippen molar-refractivity contribution in [3.63, 3.8) is 0 Å². The van der Waals surface area contributed by atoms with Crippen LogP contribution >= 0.6 is 27.3 Å². The molecule has 10 heteroatoms. The van der Waals surface area contributed by atoms with Gasteiger partial charge in [-0.2, -0.15) is 0 Å². The van der Waals surface area contributed by atoms with Gasteiger partial charge in [0.2, 0.25) is 0 Å². The number of likely N-dealkylation sites (N-methyl/N-ethyl adjacent to an activating group) is 1. The summed E-state index contributed by atoms with van der Waals surface area (Å²) < 4.78 is 13.6. The summed E-state index contributed by atoms with van der Waals surface area (Å²) in [6, 6.07) is 12.0. The summed E-state index contributed by atoms with van der Waals surface area (Å²) in [6.45, 7) is 7.63. The van der Waals surface area contributed by atoms with Gasteiger partial charge in [0.25, 0.3) is 11.5 Å². The van der Waals surface area contributed by atoms with Gasteiger partial charge in [0, 0.05) is 16.6 Å². The third kappa shape index (κ3) is 4.21. The molecule has 1 aromatic heterocycles. The Kier molecular flexibility index (Phi) is 6.87. The van der Waals surface area contributed by atoms with Gasteiger partial charge in [-0.3, -0.25) is 14.2 Å². The number of anilines is 1. The molecule has 0 N–H and O–H groups in total. The minimum Gasteiger partial charge on any atom is -0.497 e. The second kappa shape index (κ2) is 9.99. The minimum atomic E-state index is -0.803. The molecule has 0 unspecified atom stereocenters. The number of methoxy groups -OCH3 is 1. The van der Waals surface area contributed by atoms with Crippen molar-refractivity contribution in [3.05, 3.63) is 89.0 Å². The van der Waals surface area contributed by atoms with E-state index in [1.165, 1.54) is 4.57 Å². The Balaban J connectivity index is 1.83. The average molecular weight is 597 g/mol. The van der Waals surface area contributed by atoms with E-state index in [0.717, 1.165) is 21.5 Å². The van der Waals surface area contributed by atoms with E-state index in [0.29, 0.717) is 39.5 Å². The van der Waals surface area contributed by atoms with Crippen LogP contribution in [0.3, 0.4) is 0 Å². The maximum atomic E-state index is 14.2. The fraction of sp³-hybridized carbons (Fsp3) is 0.286. The monoisotopic (exact) mass is 595 g/mol. The minimum absolute atomic E-state index is 0.237. The van der Waals surface area contributed by atoms with Gasteiger partial charge in [-0.25, -0.2) is 9.79 Å². The number of hydrogen-bond acceptors (Lipinski definition) is 7. The number of rotatable bonds is 5. The summed E-state index contributed by atoms with van der Waals surface area (Å²) in [5.41, 5.74) is 2.78. The molecule has 38 heavy (non-hydrogen) atoms. The number of esters is 1. The first-order valence-corrected chi connectivity index (χ1v) is 13.8. The van der Waals surface area contributed by atoms with Crippen LogP contribution in [0, 0.1) is 0 Å². The zero-order chi connectivity index (χ0) is 27.3. The second-order valence-corrected chi connectivity index (χ2v) is 11.1. The highest BCUT2D eigenvalue weighted by Crippen LogP contribution is 2.37. The lowest BCUT2D eigenvalue weighted by Gasteiger charge is -2.25. The lowest BCUT2D eigenvalue weighted by Crippen LogP contribution is -2.41. The van der Waals surface area contributed by atoms with E-state index in [9.17, 15) is 14.4 Å². The normalized spacial score (nSPS) is 17.9. The third-order valence-corrected chi connectivity index (χ3v) is 8.04. The Morgan fingerprint density at radius 2 is 1.95 bits per heavy atom. The molecule has 1 amide bonds. The van der Waals surface area contributed by atoms with E-state index in [1.54, 1.807) is 51.0 Å². The summed E-state index contributed by atoms with van der Waals surface area (Å²) >= 11 is 4.65. The Hall–Kier alpha value is -3.50. The maximum Gasteiger partial charge on any atom is 0.338 e. The van der Waals surface area contributed by atoms with Crippen LogP contribution in [0.5, 0.6) is 5.75 Å². The highest BCUT2D eigenvalue weighted by Gasteiger charge is 2.37. The van der Waals surface area contributed by atoms with Crippen LogP contribution in [0.1, 0.15) is 44.9 Å². The predicted octanol–water partition coefficient (Wildman–Crippen LogP) is 3.69. The Bertz CT molecular complexity index is 1700. The highest BCUT2D eigenvalue weighted by atomic mass is 79.9. The molecule has 2 aliphatic rings. The molecule has 0 saturated heterocycles. The van der Waals surface area contributed by atoms with Crippen molar-refractivity contribution >= 4 is 50.4 Å². The number of allylic oxidation sites excluding steroid dienone is 1. The van der Waals surface area contributed by atoms with Crippen LogP contribution in [0.25, 0.3) is 5.57 Å². The van der Waals surface area contributed by atoms with Crippen molar-refractivity contribution < 1.29 is 19.1 Å². The lowest BCUT2D eigenvalue weighted by atomic mass is 9.95. The van der Waals surface area contributed by atoms with Gasteiger partial charge in [-0.1, -0.05) is 39.4 Å². The number of halogens is 1. The van der Waals surface area contributed by atoms with Crippen molar-refractivity contribution in [1.82, 2.24) is 4.57 Å². The molecule has 196 valence electrons. The summed E-state index contributed by atoms with van der Waals surface area (Å²) in [6.07, 6.45) is -0.355. The SMILES string of the molecule is CCN1C(=O)/C(=c2\sc3n(c2=O)[C@H](c2cccc(OC)c2)C(C(=O)OC(C)C)=C(C)N=3)c2cc(Br)ccc21. The van der Waals surface area contributed by atoms with E-state index in [2.05, 4.69) is 20.9 Å². The fourth-order valence-electron chi connectivity index (χ4n) is 4.87. The molecule has 5 rings (SSSR count). The number of benzene rings is 2. The molecule has 0 saturated carbocycles. The molecule has 0 fully saturated rings. The number of hydrogen-bond donors (Lipinski definition) is 0. The third-order valence-electron chi connectivity index (χ3n) is 6.49. The predicted molar refractivity (Wildman–Crippen MR) is 149 cm³/mol. The fourth-order valence-corrected chi connectivity index (χ4v) is 6.37. The zero-order valence-corrected chi connectivity index (χ0v) is 24.0. The Labute approximate surface area is 231 Å². The van der Waals surface area contributed by atoms with E-state index < -0.39 is 17.6 Å². The number of nitrogens with zero attached hydrogens (tertiary/aromatic N) is 3. The highest BCUT2D eigenvalue weighted by molar-refractivity contribution is 9.10. The number of carbonyl (C=O) groups excluding carboxylic acids is 2. The quantitative estimate of drug-likeness (QED) is 0.420. The van der Waals surface area contributed by atoms with E-state index in [4.69, 9.17) is 9.47 Å². The van der Waals surface area contributed by atoms with Gasteiger partial charge in [0.05, 0.1) is 41.8 Å². The lowest BCUT2D eigenvalue weighted by molar-refractivity contribution is -0.143. The van der Waals surface area contributed by atoms with Crippen molar-refractivity contribution in [1.29, 1.82) is 0 Å². The molecule has 0 aliphatic carbocycles. The van der Waals surface area contributed by atoms with Crippen molar-refractivity contribution in [2.75, 3.05) is 18.6 Å². The molecule has 8 nitrogen and oxygen atoms in total. The van der Waals surface area contributed by atoms with E-state index >= 15 is 0 Å². The first kappa shape index (κ1) is 26.1. The molecular weight excluding hydrogens is 570 g/mol. The molecule has 2 aromatic carbocycles. The summed E-state index contributed by atoms with van der Waals surface area (Å²) in [5, 5.41) is 0. The van der Waals surface area contributed by atoms with E-state index in [1.807, 2.05) is 31.2 Å². The van der Waals surface area contributed by atoms with Crippen molar-refractivity contribution in [2.24, 2.45) is 4.99 Å². The van der Waals surface area contributed by atoms with Crippen LogP contribution in [-0.4, -0.2) is 36.2 Å². The number of thiazole rings is 1. The standard InChI is InChI=1S/C28H26BrN3O5S/c1-6-31-20-11-10-17(29)13-19(20)22(25(31)33)24-26(34)32-23(16-8-7-9-18(12-16)36-5)21(27(35)37-14(2)3)15(4)30-28(32)38-24/h7-14,23H,6H2,1-5H3/b24-22-/t23-/m1/s1. The molecule has 2 aliphatic heterocycles. The molecule has 1 atom stereocenters. The number of amides is 1. The summed E-state index contributed by atoms with van der Waals surface area (Å²) in [5.74, 6) is -0.198. The number of ether oxygens (including phenoxy) is 2. The Morgan fingerprint density at radius 3 is 2.63 bits per heavy atom. The number of carbonyl (C=O) groups is 2. The zero-order valence-electron chi connectivity index (χ0n) is 21.6. The molecular formula is C28H26BrN3O5S. The van der Waals surface area contributed by atoms with Crippen molar-refractivity contribution in [3.8, 4) is 5.75 Å². The number of aromatic nitrogens is 1. The van der Waals surface area contributed by atoms with E-state index in [-0.39, 0.29) is 22.1 Å². The van der Waals surface area contributed by atoms with Gasteiger partial charge in [-0.15, -0.1) is 0 Å². The first-order valence-electron chi connectivity index (χ1n) is 12.2. The van der Waals surface area contributed by atoms with Crippen LogP contribution in [0.15, 0.2) is 68.0 Å². The van der Waals surface area contributed by atoms with Gasteiger partial charge in [-0.05, 0) is 63.6 Å². The summed E-state index contributed by atoms with van der Waals surface area (Å²) in [4.78, 5) is 47.8. The largest absolute Gasteiger partial charge is 0.497 e. The first-order chi connectivity index (χ1) is 18.2. The van der Waals surface area contributed by atoms with Crippen molar-refractivity contribution in [2.45, 2.75) is 39.8 Å². The van der Waals surface area contributed by atoms with Crippen LogP contribution in [0.4, 0.5) is 5.69 Å². The van der Waals surface area contributed by atoms with Crippen LogP contribution in [-0.2, 0) is 14.3 Å². The Morgan fingerprint density at radius 1 is 1.18 bits per heavy atom. The maximum absolute atomic E-state index is 14.2. The second-order valence-electron chi connectivity index (χ2n) is 9.22. The number of fused-ring (bicyclic) bond motifs is 2. The van der Waals surface area contributed by atoms with Gasteiger partial charge < -0.3 is 14.4 Å². The summed E-state index contributed by atoms with van der Waals surface area (Å²) in [7, 11) is 1.56.